The van der Waals surface area contributed by atoms with Gasteiger partial charge in [0, 0.05) is 37.3 Å². The van der Waals surface area contributed by atoms with Crippen LogP contribution in [0.3, 0.4) is 0 Å². The van der Waals surface area contributed by atoms with Crippen molar-refractivity contribution in [3.05, 3.63) is 92.7 Å². The van der Waals surface area contributed by atoms with Crippen molar-refractivity contribution in [2.45, 2.75) is 25.8 Å². The van der Waals surface area contributed by atoms with Crippen LogP contribution in [0, 0.1) is 6.92 Å². The number of rotatable bonds is 5. The van der Waals surface area contributed by atoms with Crippen LogP contribution in [0.1, 0.15) is 40.5 Å². The molecule has 0 amide bonds. The summed E-state index contributed by atoms with van der Waals surface area (Å²) >= 11 is 0. The highest BCUT2D eigenvalue weighted by Gasteiger charge is 2.25. The van der Waals surface area contributed by atoms with Crippen molar-refractivity contribution < 1.29 is 9.21 Å². The molecule has 4 heterocycles. The molecule has 0 atom stereocenters. The summed E-state index contributed by atoms with van der Waals surface area (Å²) in [4.78, 5) is 51.3. The lowest BCUT2D eigenvalue weighted by Gasteiger charge is -2.32. The number of oxazole rings is 1. The fraction of sp³-hybridized carbons (Fsp3) is 0.259. The quantitative estimate of drug-likeness (QED) is 0.356. The largest absolute Gasteiger partial charge is 0.419 e. The van der Waals surface area contributed by atoms with Crippen LogP contribution in [0.5, 0.6) is 0 Å². The molecule has 5 aromatic rings. The van der Waals surface area contributed by atoms with Crippen LogP contribution in [0.4, 0.5) is 5.82 Å². The fourth-order valence-corrected chi connectivity index (χ4v) is 5.08. The normalized spacial score (nSPS) is 14.3. The Bertz CT molecular complexity index is 1770. The number of aryl methyl sites for hydroxylation is 2. The molecule has 6 rings (SSSR count). The summed E-state index contributed by atoms with van der Waals surface area (Å²) in [5, 5.41) is 4.54. The molecule has 38 heavy (non-hydrogen) atoms. The molecule has 11 heteroatoms. The average Bonchev–Trinajstić information content (AvgIpc) is 3.47. The van der Waals surface area contributed by atoms with Gasteiger partial charge in [0.15, 0.2) is 11.4 Å². The number of fused-ring (bicyclic) bond motifs is 1. The third-order valence-electron chi connectivity index (χ3n) is 7.04. The summed E-state index contributed by atoms with van der Waals surface area (Å²) in [7, 11) is 1.63. The van der Waals surface area contributed by atoms with Gasteiger partial charge in [0.05, 0.1) is 11.6 Å². The molecule has 0 bridgehead atoms. The Morgan fingerprint density at radius 3 is 2.58 bits per heavy atom. The number of benzene rings is 2. The Balaban J connectivity index is 1.19. The molecule has 1 saturated heterocycles. The van der Waals surface area contributed by atoms with E-state index >= 15 is 0 Å². The minimum atomic E-state index is -0.478. The first-order chi connectivity index (χ1) is 18.4. The number of anilines is 1. The third-order valence-corrected chi connectivity index (χ3v) is 7.04. The molecule has 0 spiro atoms. The van der Waals surface area contributed by atoms with Crippen molar-refractivity contribution in [2.75, 3.05) is 18.0 Å². The lowest BCUT2D eigenvalue weighted by Crippen LogP contribution is -2.38. The zero-order valence-electron chi connectivity index (χ0n) is 20.9. The number of nitrogens with one attached hydrogen (secondary N) is 1. The zero-order chi connectivity index (χ0) is 26.4. The number of nitrogens with zero attached hydrogens (tertiary/aromatic N) is 6. The summed E-state index contributed by atoms with van der Waals surface area (Å²) in [5.74, 6) is 0.441. The summed E-state index contributed by atoms with van der Waals surface area (Å²) in [5.41, 5.74) is 3.07. The lowest BCUT2D eigenvalue weighted by molar-refractivity contribution is 0.103. The van der Waals surface area contributed by atoms with Gasteiger partial charge in [-0.2, -0.15) is 0 Å². The number of hydrogen-bond acceptors (Lipinski definition) is 8. The second-order valence-electron chi connectivity index (χ2n) is 9.47. The van der Waals surface area contributed by atoms with E-state index in [4.69, 9.17) is 4.42 Å². The second-order valence-corrected chi connectivity index (χ2v) is 9.47. The number of aromatic amines is 1. The SMILES string of the molecule is Cc1cc(C(=O)c2cc(N3CCC(n4nc(-c5ccccc5)[nH]c4=O)CC3)ncn2)cc2oc(=O)n(C)c12. The van der Waals surface area contributed by atoms with Crippen molar-refractivity contribution in [1.82, 2.24) is 29.3 Å². The molecule has 2 aromatic carbocycles. The molecule has 1 N–H and O–H groups in total. The van der Waals surface area contributed by atoms with Gasteiger partial charge >= 0.3 is 11.4 Å². The van der Waals surface area contributed by atoms with Gasteiger partial charge in [0.25, 0.3) is 0 Å². The van der Waals surface area contributed by atoms with Gasteiger partial charge in [-0.1, -0.05) is 30.3 Å². The predicted octanol–water partition coefficient (Wildman–Crippen LogP) is 2.85. The first-order valence-corrected chi connectivity index (χ1v) is 12.3. The van der Waals surface area contributed by atoms with E-state index in [0.717, 1.165) is 11.1 Å². The number of carbonyl (C=O) groups excluding carboxylic acids is 1. The van der Waals surface area contributed by atoms with E-state index in [1.54, 1.807) is 25.2 Å². The molecule has 1 fully saturated rings. The van der Waals surface area contributed by atoms with Crippen molar-refractivity contribution in [2.24, 2.45) is 7.05 Å². The van der Waals surface area contributed by atoms with Crippen LogP contribution in [-0.4, -0.2) is 48.2 Å². The number of ketones is 1. The average molecular weight is 512 g/mol. The van der Waals surface area contributed by atoms with Gasteiger partial charge in [0.2, 0.25) is 5.78 Å². The van der Waals surface area contributed by atoms with E-state index < -0.39 is 5.76 Å². The molecular formula is C27H25N7O4. The minimum Gasteiger partial charge on any atom is -0.408 e. The zero-order valence-corrected chi connectivity index (χ0v) is 20.9. The smallest absolute Gasteiger partial charge is 0.408 e. The number of hydrogen-bond donors (Lipinski definition) is 1. The highest BCUT2D eigenvalue weighted by Crippen LogP contribution is 2.26. The molecule has 11 nitrogen and oxygen atoms in total. The Morgan fingerprint density at radius 1 is 1.05 bits per heavy atom. The van der Waals surface area contributed by atoms with Crippen LogP contribution >= 0.6 is 0 Å². The summed E-state index contributed by atoms with van der Waals surface area (Å²) in [6.45, 7) is 3.13. The first kappa shape index (κ1) is 23.6. The van der Waals surface area contributed by atoms with Crippen LogP contribution in [0.2, 0.25) is 0 Å². The molecule has 192 valence electrons. The van der Waals surface area contributed by atoms with E-state index in [-0.39, 0.29) is 23.2 Å². The molecule has 0 unspecified atom stereocenters. The van der Waals surface area contributed by atoms with E-state index in [1.165, 1.54) is 15.6 Å². The Morgan fingerprint density at radius 2 is 1.82 bits per heavy atom. The van der Waals surface area contributed by atoms with Gasteiger partial charge in [0.1, 0.15) is 17.8 Å². The molecular weight excluding hydrogens is 486 g/mol. The Kier molecular flexibility index (Phi) is 5.74. The Labute approximate surface area is 216 Å². The summed E-state index contributed by atoms with van der Waals surface area (Å²) in [6, 6.07) is 14.5. The second kappa shape index (κ2) is 9.25. The molecule has 0 radical (unpaired) electrons. The number of aromatic nitrogens is 6. The van der Waals surface area contributed by atoms with Crippen molar-refractivity contribution in [1.29, 1.82) is 0 Å². The lowest BCUT2D eigenvalue weighted by atomic mass is 10.0. The molecule has 1 aliphatic rings. The maximum absolute atomic E-state index is 13.3. The van der Waals surface area contributed by atoms with Crippen molar-refractivity contribution in [3.8, 4) is 11.4 Å². The molecule has 0 aliphatic carbocycles. The Hall–Kier alpha value is -4.80. The monoisotopic (exact) mass is 511 g/mol. The van der Waals surface area contributed by atoms with Gasteiger partial charge in [-0.3, -0.25) is 14.3 Å². The van der Waals surface area contributed by atoms with Gasteiger partial charge in [-0.15, -0.1) is 5.10 Å². The minimum absolute atomic E-state index is 0.0365. The van der Waals surface area contributed by atoms with E-state index in [1.807, 2.05) is 37.3 Å². The van der Waals surface area contributed by atoms with Crippen LogP contribution in [0.15, 0.2) is 68.9 Å². The third kappa shape index (κ3) is 4.11. The fourth-order valence-electron chi connectivity index (χ4n) is 5.08. The van der Waals surface area contributed by atoms with Crippen LogP contribution < -0.4 is 16.3 Å². The number of carbonyl (C=O) groups is 1. The highest BCUT2D eigenvalue weighted by atomic mass is 16.4. The summed E-state index contributed by atoms with van der Waals surface area (Å²) in [6.07, 6.45) is 2.79. The number of H-pyrrole nitrogens is 1. The number of piperidine rings is 1. The van der Waals surface area contributed by atoms with Crippen LogP contribution in [0.25, 0.3) is 22.5 Å². The van der Waals surface area contributed by atoms with Crippen LogP contribution in [-0.2, 0) is 7.05 Å². The van der Waals surface area contributed by atoms with E-state index in [0.29, 0.717) is 54.2 Å². The van der Waals surface area contributed by atoms with Gasteiger partial charge in [-0.05, 0) is 37.5 Å². The summed E-state index contributed by atoms with van der Waals surface area (Å²) < 4.78 is 8.25. The molecule has 3 aromatic heterocycles. The molecule has 0 saturated carbocycles. The first-order valence-electron chi connectivity index (χ1n) is 12.3. The van der Waals surface area contributed by atoms with E-state index in [2.05, 4.69) is 25.0 Å². The molecule has 1 aliphatic heterocycles. The van der Waals surface area contributed by atoms with Gasteiger partial charge in [-0.25, -0.2) is 24.2 Å². The highest BCUT2D eigenvalue weighted by molar-refractivity contribution is 6.09. The standard InChI is InChI=1S/C27H25N7O4/c1-16-12-18(13-21-23(16)32(2)27(37)38-21)24(35)20-14-22(29-15-28-20)33-10-8-19(9-11-33)34-26(36)30-25(31-34)17-6-4-3-5-7-17/h3-7,12-15,19H,8-11H2,1-2H3,(H,30,31,36). The maximum atomic E-state index is 13.3. The van der Waals surface area contributed by atoms with Gasteiger partial charge < -0.3 is 9.32 Å². The van der Waals surface area contributed by atoms with Crippen molar-refractivity contribution >= 4 is 22.7 Å². The predicted molar refractivity (Wildman–Crippen MR) is 140 cm³/mol. The van der Waals surface area contributed by atoms with E-state index in [9.17, 15) is 14.4 Å². The topological polar surface area (TPSA) is 132 Å². The van der Waals surface area contributed by atoms with Crippen molar-refractivity contribution in [3.63, 3.8) is 0 Å². The maximum Gasteiger partial charge on any atom is 0.419 e.